The first-order chi connectivity index (χ1) is 11.9. The molecule has 3 rings (SSSR count). The molecule has 0 aromatic heterocycles. The summed E-state index contributed by atoms with van der Waals surface area (Å²) in [6.07, 6.45) is 0.568. The Labute approximate surface area is 143 Å². The van der Waals surface area contributed by atoms with Crippen molar-refractivity contribution in [2.45, 2.75) is 6.42 Å². The Morgan fingerprint density at radius 3 is 2.32 bits per heavy atom. The number of carbonyl (C=O) groups excluding carboxylic acids is 2. The number of hydrogen-bond acceptors (Lipinski definition) is 3. The molecule has 2 amide bonds. The molecule has 2 aromatic carbocycles. The zero-order valence-electron chi connectivity index (χ0n) is 13.2. The van der Waals surface area contributed by atoms with Crippen LogP contribution in [-0.4, -0.2) is 29.8 Å². The van der Waals surface area contributed by atoms with Gasteiger partial charge in [0.25, 0.3) is 5.91 Å². The summed E-state index contributed by atoms with van der Waals surface area (Å²) >= 11 is 0. The molecule has 5 nitrogen and oxygen atoms in total. The molecular weight excluding hydrogens is 330 g/mol. The Balaban J connectivity index is 1.66. The number of nitrogens with two attached hydrogens (primary N) is 1. The van der Waals surface area contributed by atoms with Gasteiger partial charge in [0.05, 0.1) is 5.92 Å². The average Bonchev–Trinajstić information content (AvgIpc) is 3.09. The molecule has 0 radical (unpaired) electrons. The molecule has 1 atom stereocenters. The highest BCUT2D eigenvalue weighted by Gasteiger charge is 2.30. The maximum atomic E-state index is 13.2. The second-order valence-corrected chi connectivity index (χ2v) is 5.84. The summed E-state index contributed by atoms with van der Waals surface area (Å²) in [4.78, 5) is 25.2. The monoisotopic (exact) mass is 346 g/mol. The number of rotatable bonds is 4. The molecule has 2 aromatic rings. The van der Waals surface area contributed by atoms with E-state index in [9.17, 15) is 18.4 Å². The van der Waals surface area contributed by atoms with E-state index in [1.54, 1.807) is 29.2 Å². The van der Waals surface area contributed by atoms with Crippen LogP contribution in [0.15, 0.2) is 42.5 Å². The summed E-state index contributed by atoms with van der Waals surface area (Å²) in [6.45, 7) is 0.806. The number of hydrogen-bond donors (Lipinski definition) is 1. The van der Waals surface area contributed by atoms with Crippen molar-refractivity contribution in [3.05, 3.63) is 59.7 Å². The van der Waals surface area contributed by atoms with Crippen molar-refractivity contribution in [1.82, 2.24) is 4.90 Å². The standard InChI is InChI=1S/C18H16F2N2O3/c19-15-6-5-14(9-16(15)20)25-13-3-1-11(2-4-13)18(24)22-8-7-12(10-22)17(21)23/h1-6,9,12H,7-8,10H2,(H2,21,23)/t12-/m1/s1. The lowest BCUT2D eigenvalue weighted by Gasteiger charge is -2.16. The lowest BCUT2D eigenvalue weighted by molar-refractivity contribution is -0.121. The van der Waals surface area contributed by atoms with Crippen LogP contribution in [-0.2, 0) is 4.79 Å². The van der Waals surface area contributed by atoms with Gasteiger partial charge in [-0.05, 0) is 42.8 Å². The molecule has 0 bridgehead atoms. The summed E-state index contributed by atoms with van der Waals surface area (Å²) in [5, 5.41) is 0. The molecule has 0 aliphatic carbocycles. The molecule has 0 unspecified atom stereocenters. The SMILES string of the molecule is NC(=O)[C@@H]1CCN(C(=O)c2ccc(Oc3ccc(F)c(F)c3)cc2)C1. The molecule has 1 aliphatic rings. The number of ether oxygens (including phenoxy) is 1. The van der Waals surface area contributed by atoms with Gasteiger partial charge in [-0.2, -0.15) is 0 Å². The minimum atomic E-state index is -0.998. The fraction of sp³-hybridized carbons (Fsp3) is 0.222. The molecule has 2 N–H and O–H groups in total. The Hall–Kier alpha value is -2.96. The van der Waals surface area contributed by atoms with Crippen molar-refractivity contribution in [2.75, 3.05) is 13.1 Å². The number of carbonyl (C=O) groups is 2. The minimum Gasteiger partial charge on any atom is -0.457 e. The van der Waals surface area contributed by atoms with Crippen LogP contribution in [0.25, 0.3) is 0 Å². The van der Waals surface area contributed by atoms with Crippen LogP contribution in [0.4, 0.5) is 8.78 Å². The van der Waals surface area contributed by atoms with Crippen molar-refractivity contribution in [3.8, 4) is 11.5 Å². The summed E-state index contributed by atoms with van der Waals surface area (Å²) < 4.78 is 31.5. The van der Waals surface area contributed by atoms with Crippen LogP contribution in [0.5, 0.6) is 11.5 Å². The molecule has 130 valence electrons. The van der Waals surface area contributed by atoms with Gasteiger partial charge < -0.3 is 15.4 Å². The zero-order chi connectivity index (χ0) is 18.0. The first-order valence-electron chi connectivity index (χ1n) is 7.75. The van der Waals surface area contributed by atoms with Crippen molar-refractivity contribution in [2.24, 2.45) is 11.7 Å². The molecule has 7 heteroatoms. The number of primary amides is 1. The maximum Gasteiger partial charge on any atom is 0.253 e. The van der Waals surface area contributed by atoms with Crippen LogP contribution in [0.2, 0.25) is 0 Å². The topological polar surface area (TPSA) is 72.6 Å². The van der Waals surface area contributed by atoms with E-state index in [2.05, 4.69) is 0 Å². The molecule has 1 aliphatic heterocycles. The van der Waals surface area contributed by atoms with Gasteiger partial charge in [0.15, 0.2) is 11.6 Å². The lowest BCUT2D eigenvalue weighted by Crippen LogP contribution is -2.31. The van der Waals surface area contributed by atoms with E-state index in [4.69, 9.17) is 10.5 Å². The summed E-state index contributed by atoms with van der Waals surface area (Å²) in [7, 11) is 0. The molecule has 0 saturated carbocycles. The second-order valence-electron chi connectivity index (χ2n) is 5.84. The predicted octanol–water partition coefficient (Wildman–Crippen LogP) is 2.70. The third-order valence-electron chi connectivity index (χ3n) is 4.11. The fourth-order valence-corrected chi connectivity index (χ4v) is 2.70. The molecule has 1 heterocycles. The van der Waals surface area contributed by atoms with E-state index in [1.165, 1.54) is 6.07 Å². The van der Waals surface area contributed by atoms with Gasteiger partial charge in [0, 0.05) is 24.7 Å². The van der Waals surface area contributed by atoms with E-state index in [0.717, 1.165) is 12.1 Å². The number of amides is 2. The van der Waals surface area contributed by atoms with Crippen LogP contribution in [0.3, 0.4) is 0 Å². The van der Waals surface area contributed by atoms with Crippen LogP contribution in [0, 0.1) is 17.6 Å². The number of nitrogens with zero attached hydrogens (tertiary/aromatic N) is 1. The smallest absolute Gasteiger partial charge is 0.253 e. The van der Waals surface area contributed by atoms with E-state index >= 15 is 0 Å². The Morgan fingerprint density at radius 1 is 1.04 bits per heavy atom. The Kier molecular flexibility index (Phi) is 4.65. The van der Waals surface area contributed by atoms with Gasteiger partial charge >= 0.3 is 0 Å². The lowest BCUT2D eigenvalue weighted by atomic mass is 10.1. The van der Waals surface area contributed by atoms with Crippen LogP contribution in [0.1, 0.15) is 16.8 Å². The van der Waals surface area contributed by atoms with Gasteiger partial charge in [-0.1, -0.05) is 0 Å². The maximum absolute atomic E-state index is 13.2. The molecular formula is C18H16F2N2O3. The van der Waals surface area contributed by atoms with E-state index < -0.39 is 17.5 Å². The summed E-state index contributed by atoms with van der Waals surface area (Å²) in [5.74, 6) is -2.30. The molecule has 1 saturated heterocycles. The quantitative estimate of drug-likeness (QED) is 0.925. The minimum absolute atomic E-state index is 0.154. The van der Waals surface area contributed by atoms with Crippen LogP contribution >= 0.6 is 0 Å². The molecule has 0 spiro atoms. The van der Waals surface area contributed by atoms with Crippen molar-refractivity contribution < 1.29 is 23.1 Å². The van der Waals surface area contributed by atoms with Gasteiger partial charge in [0.2, 0.25) is 5.91 Å². The first kappa shape index (κ1) is 16.9. The van der Waals surface area contributed by atoms with Gasteiger partial charge in [0.1, 0.15) is 11.5 Å². The van der Waals surface area contributed by atoms with E-state index in [-0.39, 0.29) is 17.6 Å². The van der Waals surface area contributed by atoms with Crippen LogP contribution < -0.4 is 10.5 Å². The predicted molar refractivity (Wildman–Crippen MR) is 86.1 cm³/mol. The molecule has 25 heavy (non-hydrogen) atoms. The molecule has 1 fully saturated rings. The number of halogens is 2. The first-order valence-corrected chi connectivity index (χ1v) is 7.75. The largest absolute Gasteiger partial charge is 0.457 e. The highest BCUT2D eigenvalue weighted by atomic mass is 19.2. The number of benzene rings is 2. The second kappa shape index (κ2) is 6.88. The average molecular weight is 346 g/mol. The van der Waals surface area contributed by atoms with E-state index in [0.29, 0.717) is 30.8 Å². The van der Waals surface area contributed by atoms with Crippen molar-refractivity contribution in [3.63, 3.8) is 0 Å². The summed E-state index contributed by atoms with van der Waals surface area (Å²) in [5.41, 5.74) is 5.72. The highest BCUT2D eigenvalue weighted by molar-refractivity contribution is 5.95. The third kappa shape index (κ3) is 3.76. The highest BCUT2D eigenvalue weighted by Crippen LogP contribution is 2.24. The van der Waals surface area contributed by atoms with Gasteiger partial charge in [-0.3, -0.25) is 9.59 Å². The zero-order valence-corrected chi connectivity index (χ0v) is 13.2. The van der Waals surface area contributed by atoms with Gasteiger partial charge in [-0.15, -0.1) is 0 Å². The van der Waals surface area contributed by atoms with Gasteiger partial charge in [-0.25, -0.2) is 8.78 Å². The Bertz CT molecular complexity index is 808. The van der Waals surface area contributed by atoms with Crippen molar-refractivity contribution in [1.29, 1.82) is 0 Å². The fourth-order valence-electron chi connectivity index (χ4n) is 2.70. The third-order valence-corrected chi connectivity index (χ3v) is 4.11. The van der Waals surface area contributed by atoms with E-state index in [1.807, 2.05) is 0 Å². The number of likely N-dealkylation sites (tertiary alicyclic amines) is 1. The Morgan fingerprint density at radius 2 is 1.72 bits per heavy atom. The van der Waals surface area contributed by atoms with Crippen molar-refractivity contribution >= 4 is 11.8 Å². The normalized spacial score (nSPS) is 16.7. The summed E-state index contributed by atoms with van der Waals surface area (Å²) in [6, 6.07) is 9.52.